The molecule has 0 aromatic heterocycles. The average Bonchev–Trinajstić information content (AvgIpc) is 2.75. The van der Waals surface area contributed by atoms with Gasteiger partial charge in [-0.2, -0.15) is 0 Å². The second-order valence-corrected chi connectivity index (χ2v) is 6.20. The molecule has 3 heteroatoms. The fourth-order valence-electron chi connectivity index (χ4n) is 3.95. The van der Waals surface area contributed by atoms with Crippen LogP contribution in [0.3, 0.4) is 0 Å². The number of fused-ring (bicyclic) bond motifs is 1. The van der Waals surface area contributed by atoms with Crippen LogP contribution in [0.4, 0.5) is 0 Å². The highest BCUT2D eigenvalue weighted by atomic mass is 16.3. The SMILES string of the molecule is OC1CCCC1CN1CCN2CCCCC2C1. The van der Waals surface area contributed by atoms with Crippen LogP contribution in [-0.4, -0.2) is 59.8 Å². The van der Waals surface area contributed by atoms with Crippen molar-refractivity contribution < 1.29 is 5.11 Å². The second-order valence-electron chi connectivity index (χ2n) is 6.20. The molecule has 1 saturated carbocycles. The van der Waals surface area contributed by atoms with Gasteiger partial charge in [-0.25, -0.2) is 0 Å². The third-order valence-corrected chi connectivity index (χ3v) is 5.03. The molecule has 17 heavy (non-hydrogen) atoms. The van der Waals surface area contributed by atoms with E-state index in [1.54, 1.807) is 0 Å². The lowest BCUT2D eigenvalue weighted by molar-refractivity contribution is 0.0275. The standard InChI is InChI=1S/C14H26N2O/c17-14-6-3-4-12(14)10-15-8-9-16-7-2-1-5-13(16)11-15/h12-14,17H,1-11H2. The van der Waals surface area contributed by atoms with E-state index < -0.39 is 0 Å². The number of aliphatic hydroxyl groups is 1. The smallest absolute Gasteiger partial charge is 0.0580 e. The summed E-state index contributed by atoms with van der Waals surface area (Å²) in [4.78, 5) is 5.30. The van der Waals surface area contributed by atoms with E-state index in [0.29, 0.717) is 5.92 Å². The van der Waals surface area contributed by atoms with Crippen molar-refractivity contribution in [1.82, 2.24) is 9.80 Å². The summed E-state index contributed by atoms with van der Waals surface area (Å²) in [5, 5.41) is 9.91. The normalized spacial score (nSPS) is 40.4. The lowest BCUT2D eigenvalue weighted by Gasteiger charge is -2.44. The molecular weight excluding hydrogens is 212 g/mol. The molecule has 0 amide bonds. The van der Waals surface area contributed by atoms with Crippen molar-refractivity contribution in [3.8, 4) is 0 Å². The van der Waals surface area contributed by atoms with Crippen molar-refractivity contribution in [2.45, 2.75) is 50.7 Å². The van der Waals surface area contributed by atoms with Crippen LogP contribution in [0.2, 0.25) is 0 Å². The fourth-order valence-corrected chi connectivity index (χ4v) is 3.95. The lowest BCUT2D eigenvalue weighted by atomic mass is 9.98. The second kappa shape index (κ2) is 5.25. The first kappa shape index (κ1) is 11.9. The van der Waals surface area contributed by atoms with Crippen LogP contribution in [0.25, 0.3) is 0 Å². The van der Waals surface area contributed by atoms with Crippen LogP contribution in [0.5, 0.6) is 0 Å². The Kier molecular flexibility index (Phi) is 3.69. The quantitative estimate of drug-likeness (QED) is 0.786. The molecule has 2 heterocycles. The molecule has 2 aliphatic heterocycles. The van der Waals surface area contributed by atoms with Crippen LogP contribution < -0.4 is 0 Å². The van der Waals surface area contributed by atoms with E-state index in [1.807, 2.05) is 0 Å². The van der Waals surface area contributed by atoms with Crippen LogP contribution in [0, 0.1) is 5.92 Å². The predicted molar refractivity (Wildman–Crippen MR) is 69.0 cm³/mol. The maximum Gasteiger partial charge on any atom is 0.0580 e. The molecule has 3 unspecified atom stereocenters. The van der Waals surface area contributed by atoms with Gasteiger partial charge in [0.1, 0.15) is 0 Å². The van der Waals surface area contributed by atoms with Gasteiger partial charge >= 0.3 is 0 Å². The van der Waals surface area contributed by atoms with Crippen LogP contribution in [-0.2, 0) is 0 Å². The van der Waals surface area contributed by atoms with Crippen molar-refractivity contribution in [2.75, 3.05) is 32.7 Å². The number of hydrogen-bond acceptors (Lipinski definition) is 3. The first-order chi connectivity index (χ1) is 8.33. The van der Waals surface area contributed by atoms with Gasteiger partial charge in [0, 0.05) is 32.2 Å². The molecule has 0 radical (unpaired) electrons. The largest absolute Gasteiger partial charge is 0.393 e. The van der Waals surface area contributed by atoms with Gasteiger partial charge in [0.05, 0.1) is 6.10 Å². The molecule has 3 aliphatic rings. The zero-order valence-electron chi connectivity index (χ0n) is 10.9. The monoisotopic (exact) mass is 238 g/mol. The summed E-state index contributed by atoms with van der Waals surface area (Å²) < 4.78 is 0. The van der Waals surface area contributed by atoms with Gasteiger partial charge in [-0.1, -0.05) is 12.8 Å². The first-order valence-electron chi connectivity index (χ1n) is 7.47. The molecular formula is C14H26N2O. The predicted octanol–water partition coefficient (Wildman–Crippen LogP) is 1.32. The minimum atomic E-state index is -0.0145. The van der Waals surface area contributed by atoms with E-state index in [4.69, 9.17) is 0 Å². The number of hydrogen-bond donors (Lipinski definition) is 1. The Morgan fingerprint density at radius 2 is 1.88 bits per heavy atom. The van der Waals surface area contributed by atoms with Gasteiger partial charge in [-0.05, 0) is 38.1 Å². The Labute approximate surface area is 105 Å². The van der Waals surface area contributed by atoms with Crippen molar-refractivity contribution >= 4 is 0 Å². The van der Waals surface area contributed by atoms with Crippen molar-refractivity contribution in [3.63, 3.8) is 0 Å². The zero-order chi connectivity index (χ0) is 11.7. The third-order valence-electron chi connectivity index (χ3n) is 5.03. The summed E-state index contributed by atoms with van der Waals surface area (Å²) in [6, 6.07) is 0.816. The van der Waals surface area contributed by atoms with Crippen molar-refractivity contribution in [3.05, 3.63) is 0 Å². The van der Waals surface area contributed by atoms with Crippen LogP contribution >= 0.6 is 0 Å². The number of nitrogens with zero attached hydrogens (tertiary/aromatic N) is 2. The minimum absolute atomic E-state index is 0.0145. The Morgan fingerprint density at radius 3 is 2.71 bits per heavy atom. The summed E-state index contributed by atoms with van der Waals surface area (Å²) >= 11 is 0. The molecule has 1 aliphatic carbocycles. The summed E-state index contributed by atoms with van der Waals surface area (Å²) in [6.45, 7) is 6.20. The molecule has 98 valence electrons. The molecule has 3 atom stereocenters. The van der Waals surface area contributed by atoms with E-state index in [9.17, 15) is 5.11 Å². The molecule has 3 fully saturated rings. The molecule has 1 N–H and O–H groups in total. The van der Waals surface area contributed by atoms with E-state index in [-0.39, 0.29) is 6.10 Å². The van der Waals surface area contributed by atoms with Crippen molar-refractivity contribution in [2.24, 2.45) is 5.92 Å². The van der Waals surface area contributed by atoms with E-state index in [1.165, 1.54) is 58.3 Å². The Morgan fingerprint density at radius 1 is 0.941 bits per heavy atom. The van der Waals surface area contributed by atoms with E-state index >= 15 is 0 Å². The summed E-state index contributed by atoms with van der Waals surface area (Å²) in [6.07, 6.45) is 7.71. The van der Waals surface area contributed by atoms with Gasteiger partial charge in [0.25, 0.3) is 0 Å². The van der Waals surface area contributed by atoms with Gasteiger partial charge in [-0.15, -0.1) is 0 Å². The van der Waals surface area contributed by atoms with Crippen LogP contribution in [0.1, 0.15) is 38.5 Å². The number of aliphatic hydroxyl groups excluding tert-OH is 1. The summed E-state index contributed by atoms with van der Waals surface area (Å²) in [7, 11) is 0. The summed E-state index contributed by atoms with van der Waals surface area (Å²) in [5.74, 6) is 0.560. The highest BCUT2D eigenvalue weighted by Crippen LogP contribution is 2.28. The maximum atomic E-state index is 9.91. The van der Waals surface area contributed by atoms with Crippen LogP contribution in [0.15, 0.2) is 0 Å². The molecule has 0 bridgehead atoms. The molecule has 3 rings (SSSR count). The number of piperidine rings is 1. The molecule has 2 saturated heterocycles. The lowest BCUT2D eigenvalue weighted by Crippen LogP contribution is -2.55. The highest BCUT2D eigenvalue weighted by Gasteiger charge is 2.32. The zero-order valence-corrected chi connectivity index (χ0v) is 10.9. The van der Waals surface area contributed by atoms with Gasteiger partial charge in [0.2, 0.25) is 0 Å². The van der Waals surface area contributed by atoms with E-state index in [0.717, 1.165) is 19.0 Å². The molecule has 3 nitrogen and oxygen atoms in total. The Hall–Kier alpha value is -0.120. The number of rotatable bonds is 2. The Bertz CT molecular complexity index is 259. The fraction of sp³-hybridized carbons (Fsp3) is 1.00. The first-order valence-corrected chi connectivity index (χ1v) is 7.47. The maximum absolute atomic E-state index is 9.91. The molecule has 0 spiro atoms. The van der Waals surface area contributed by atoms with Crippen molar-refractivity contribution in [1.29, 1.82) is 0 Å². The van der Waals surface area contributed by atoms with Gasteiger partial charge < -0.3 is 10.0 Å². The van der Waals surface area contributed by atoms with Gasteiger partial charge in [-0.3, -0.25) is 4.90 Å². The molecule has 0 aromatic rings. The number of piperazine rings is 1. The Balaban J connectivity index is 1.51. The third kappa shape index (κ3) is 2.67. The summed E-state index contributed by atoms with van der Waals surface area (Å²) in [5.41, 5.74) is 0. The van der Waals surface area contributed by atoms with E-state index in [2.05, 4.69) is 9.80 Å². The highest BCUT2D eigenvalue weighted by molar-refractivity contribution is 4.87. The average molecular weight is 238 g/mol. The molecule has 0 aromatic carbocycles. The minimum Gasteiger partial charge on any atom is -0.393 e. The topological polar surface area (TPSA) is 26.7 Å². The van der Waals surface area contributed by atoms with Gasteiger partial charge in [0.15, 0.2) is 0 Å².